The van der Waals surface area contributed by atoms with E-state index in [0.29, 0.717) is 0 Å². The highest BCUT2D eigenvalue weighted by Gasteiger charge is 2.34. The van der Waals surface area contributed by atoms with E-state index in [-0.39, 0.29) is 10.9 Å². The molecule has 0 unspecified atom stereocenters. The summed E-state index contributed by atoms with van der Waals surface area (Å²) in [5.74, 6) is 0. The van der Waals surface area contributed by atoms with Crippen LogP contribution in [0.2, 0.25) is 0 Å². The zero-order valence-electron chi connectivity index (χ0n) is 15.3. The monoisotopic (exact) mass is 343 g/mol. The van der Waals surface area contributed by atoms with Gasteiger partial charge in [0.1, 0.15) is 0 Å². The van der Waals surface area contributed by atoms with Crippen LogP contribution in [0.5, 0.6) is 0 Å². The van der Waals surface area contributed by atoms with Crippen molar-refractivity contribution >= 4 is 30.2 Å². The van der Waals surface area contributed by atoms with Gasteiger partial charge in [0, 0.05) is 21.4 Å². The second-order valence-electron chi connectivity index (χ2n) is 7.36. The van der Waals surface area contributed by atoms with Crippen molar-refractivity contribution in [3.05, 3.63) is 76.2 Å². The summed E-state index contributed by atoms with van der Waals surface area (Å²) in [5.41, 5.74) is 5.07. The molecule has 2 aromatic carbocycles. The Kier molecular flexibility index (Phi) is 3.72. The maximum Gasteiger partial charge on any atom is 0.487 e. The van der Waals surface area contributed by atoms with Crippen molar-refractivity contribution in [3.8, 4) is 5.69 Å². The summed E-state index contributed by atoms with van der Waals surface area (Å²) < 4.78 is 2.29. The standard InChI is InChI=1S/C22H22BNO2/c1-5-19-16(13-14(2)23(25)26)15-9-8-11-18-21(15)24(19)20-12-7-6-10-17(20)22(18,3)4/h5-13,25-26H,2H2,1,3-4H3. The number of fused-ring (bicyclic) bond motifs is 2. The molecule has 2 heterocycles. The minimum atomic E-state index is -1.56. The third-order valence-electron chi connectivity index (χ3n) is 5.49. The summed E-state index contributed by atoms with van der Waals surface area (Å²) in [4.78, 5) is 0. The largest absolute Gasteiger partial charge is 0.487 e. The number of nitrogens with zero attached hydrogens (tertiary/aromatic N) is 1. The van der Waals surface area contributed by atoms with E-state index in [2.05, 4.69) is 73.5 Å². The predicted octanol–water partition coefficient (Wildman–Crippen LogP) is 2.42. The van der Waals surface area contributed by atoms with E-state index in [1.165, 1.54) is 22.3 Å². The molecule has 0 bridgehead atoms. The Hall–Kier alpha value is -2.56. The summed E-state index contributed by atoms with van der Waals surface area (Å²) >= 11 is 0. The van der Waals surface area contributed by atoms with Gasteiger partial charge in [0.25, 0.3) is 0 Å². The van der Waals surface area contributed by atoms with Gasteiger partial charge in [-0.2, -0.15) is 0 Å². The number of rotatable bonds is 2. The van der Waals surface area contributed by atoms with Crippen LogP contribution in [0.25, 0.3) is 28.7 Å². The smallest absolute Gasteiger partial charge is 0.423 e. The van der Waals surface area contributed by atoms with E-state index in [4.69, 9.17) is 0 Å². The molecule has 4 rings (SSSR count). The molecule has 1 aromatic heterocycles. The van der Waals surface area contributed by atoms with E-state index in [9.17, 15) is 10.0 Å². The summed E-state index contributed by atoms with van der Waals surface area (Å²) in [7, 11) is -1.56. The zero-order valence-corrected chi connectivity index (χ0v) is 15.3. The maximum absolute atomic E-state index is 9.50. The molecule has 0 aliphatic carbocycles. The van der Waals surface area contributed by atoms with Crippen LogP contribution in [0.3, 0.4) is 0 Å². The van der Waals surface area contributed by atoms with Gasteiger partial charge in [-0.1, -0.05) is 69.0 Å². The first kappa shape index (κ1) is 16.9. The molecule has 0 atom stereocenters. The molecule has 3 aromatic rings. The topological polar surface area (TPSA) is 45.4 Å². The van der Waals surface area contributed by atoms with Crippen molar-refractivity contribution in [2.45, 2.75) is 26.2 Å². The number of benzene rings is 2. The average molecular weight is 343 g/mol. The highest BCUT2D eigenvalue weighted by Crippen LogP contribution is 2.42. The van der Waals surface area contributed by atoms with Crippen LogP contribution in [-0.2, 0) is 5.41 Å². The summed E-state index contributed by atoms with van der Waals surface area (Å²) in [6.07, 6.45) is 3.85. The Labute approximate surface area is 153 Å². The quantitative estimate of drug-likeness (QED) is 0.702. The number of allylic oxidation sites excluding steroid dienone is 1. The van der Waals surface area contributed by atoms with Crippen molar-refractivity contribution in [1.29, 1.82) is 0 Å². The van der Waals surface area contributed by atoms with E-state index >= 15 is 0 Å². The first-order valence-corrected chi connectivity index (χ1v) is 8.84. The van der Waals surface area contributed by atoms with Gasteiger partial charge in [-0.25, -0.2) is 0 Å². The molecule has 26 heavy (non-hydrogen) atoms. The Balaban J connectivity index is 2.28. The third kappa shape index (κ3) is 2.16. The van der Waals surface area contributed by atoms with Crippen molar-refractivity contribution in [1.82, 2.24) is 4.57 Å². The molecule has 0 saturated carbocycles. The molecule has 0 amide bonds. The molecule has 1 aliphatic rings. The molecule has 4 heteroatoms. The van der Waals surface area contributed by atoms with Crippen molar-refractivity contribution < 1.29 is 10.0 Å². The number of aromatic nitrogens is 1. The lowest BCUT2D eigenvalue weighted by Crippen LogP contribution is -2.33. The molecule has 0 spiro atoms. The van der Waals surface area contributed by atoms with Gasteiger partial charge in [-0.15, -0.1) is 0 Å². The molecular weight excluding hydrogens is 321 g/mol. The van der Waals surface area contributed by atoms with Crippen LogP contribution >= 0.6 is 0 Å². The summed E-state index contributed by atoms with van der Waals surface area (Å²) in [6, 6.07) is 14.8. The predicted molar refractivity (Wildman–Crippen MR) is 109 cm³/mol. The molecule has 130 valence electrons. The molecule has 0 radical (unpaired) electrons. The number of para-hydroxylation sites is 2. The van der Waals surface area contributed by atoms with Crippen LogP contribution in [0.4, 0.5) is 0 Å². The van der Waals surface area contributed by atoms with Crippen molar-refractivity contribution in [3.63, 3.8) is 0 Å². The fourth-order valence-electron chi connectivity index (χ4n) is 4.17. The average Bonchev–Trinajstić information content (AvgIpc) is 2.94. The minimum absolute atomic E-state index is 0.111. The molecule has 2 N–H and O–H groups in total. The van der Waals surface area contributed by atoms with Crippen molar-refractivity contribution in [2.24, 2.45) is 0 Å². The highest BCUT2D eigenvalue weighted by atomic mass is 16.4. The fraction of sp³-hybridized carbons (Fsp3) is 0.182. The maximum atomic E-state index is 9.50. The molecule has 1 aliphatic heterocycles. The van der Waals surface area contributed by atoms with Crippen LogP contribution < -0.4 is 10.6 Å². The number of hydrogen-bond acceptors (Lipinski definition) is 2. The Morgan fingerprint density at radius 3 is 2.46 bits per heavy atom. The van der Waals surface area contributed by atoms with E-state index in [1.54, 1.807) is 6.08 Å². The Bertz CT molecular complexity index is 1170. The molecule has 0 saturated heterocycles. The fourth-order valence-corrected chi connectivity index (χ4v) is 4.17. The van der Waals surface area contributed by atoms with Crippen LogP contribution in [0.15, 0.2) is 54.5 Å². The first-order valence-electron chi connectivity index (χ1n) is 8.84. The van der Waals surface area contributed by atoms with Gasteiger partial charge in [0.2, 0.25) is 0 Å². The zero-order chi connectivity index (χ0) is 18.6. The van der Waals surface area contributed by atoms with Gasteiger partial charge >= 0.3 is 7.12 Å². The lowest BCUT2D eigenvalue weighted by molar-refractivity contribution is 0.421. The highest BCUT2D eigenvalue weighted by molar-refractivity contribution is 6.53. The number of hydrogen-bond donors (Lipinski definition) is 2. The van der Waals surface area contributed by atoms with Gasteiger partial charge in [0.05, 0.1) is 11.2 Å². The molecule has 3 nitrogen and oxygen atoms in total. The van der Waals surface area contributed by atoms with Crippen molar-refractivity contribution in [2.75, 3.05) is 0 Å². The van der Waals surface area contributed by atoms with Crippen LogP contribution in [-0.4, -0.2) is 21.7 Å². The van der Waals surface area contributed by atoms with Gasteiger partial charge < -0.3 is 14.6 Å². The van der Waals surface area contributed by atoms with Gasteiger partial charge in [0.15, 0.2) is 0 Å². The van der Waals surface area contributed by atoms with Crippen LogP contribution in [0, 0.1) is 0 Å². The lowest BCUT2D eigenvalue weighted by Gasteiger charge is -2.34. The van der Waals surface area contributed by atoms with Crippen LogP contribution in [0.1, 0.15) is 31.9 Å². The molecule has 0 fully saturated rings. The minimum Gasteiger partial charge on any atom is -0.423 e. The Morgan fingerprint density at radius 2 is 1.77 bits per heavy atom. The van der Waals surface area contributed by atoms with Gasteiger partial charge in [-0.05, 0) is 29.6 Å². The second kappa shape index (κ2) is 5.73. The van der Waals surface area contributed by atoms with E-state index in [1.807, 2.05) is 6.92 Å². The molecular formula is C22H22BNO2. The normalized spacial score (nSPS) is 16.0. The van der Waals surface area contributed by atoms with Gasteiger partial charge in [-0.3, -0.25) is 0 Å². The Morgan fingerprint density at radius 1 is 1.08 bits per heavy atom. The third-order valence-corrected chi connectivity index (χ3v) is 5.49. The van der Waals surface area contributed by atoms with E-state index in [0.717, 1.165) is 16.0 Å². The lowest BCUT2D eigenvalue weighted by atomic mass is 9.75. The van der Waals surface area contributed by atoms with E-state index < -0.39 is 7.12 Å². The first-order chi connectivity index (χ1) is 12.4. The second-order valence-corrected chi connectivity index (χ2v) is 7.36. The summed E-state index contributed by atoms with van der Waals surface area (Å²) in [5, 5.41) is 22.1. The SMILES string of the molecule is C=C(C=c1c(=CC)n2c3c(cccc13)C(C)(C)c1ccccc1-2)B(O)O. The summed E-state index contributed by atoms with van der Waals surface area (Å²) in [6.45, 7) is 10.3.